The van der Waals surface area contributed by atoms with Crippen molar-refractivity contribution in [2.24, 2.45) is 0 Å². The number of halogens is 1. The van der Waals surface area contributed by atoms with Crippen LogP contribution >= 0.6 is 11.6 Å². The van der Waals surface area contributed by atoms with E-state index < -0.39 is 0 Å². The number of benzene rings is 3. The molecule has 1 aliphatic heterocycles. The van der Waals surface area contributed by atoms with Crippen LogP contribution in [0.2, 0.25) is 5.02 Å². The highest BCUT2D eigenvalue weighted by Gasteiger charge is 2.25. The molecule has 176 valence electrons. The lowest BCUT2D eigenvalue weighted by Crippen LogP contribution is -2.41. The van der Waals surface area contributed by atoms with Gasteiger partial charge in [-0.2, -0.15) is 0 Å². The molecule has 0 aliphatic carbocycles. The molecule has 0 aromatic heterocycles. The average molecular weight is 478 g/mol. The van der Waals surface area contributed by atoms with Crippen LogP contribution in [-0.4, -0.2) is 36.5 Å². The van der Waals surface area contributed by atoms with E-state index in [4.69, 9.17) is 16.3 Å². The molecule has 3 aromatic carbocycles. The minimum Gasteiger partial charge on any atom is -0.494 e. The van der Waals surface area contributed by atoms with Gasteiger partial charge in [0, 0.05) is 41.0 Å². The van der Waals surface area contributed by atoms with Crippen LogP contribution in [0.1, 0.15) is 41.6 Å². The van der Waals surface area contributed by atoms with Crippen molar-refractivity contribution < 1.29 is 14.3 Å². The van der Waals surface area contributed by atoms with Crippen molar-refractivity contribution in [2.45, 2.75) is 25.7 Å². The summed E-state index contributed by atoms with van der Waals surface area (Å²) >= 11 is 5.93. The van der Waals surface area contributed by atoms with E-state index in [1.54, 1.807) is 30.3 Å². The Morgan fingerprint density at radius 2 is 1.71 bits per heavy atom. The molecule has 1 unspecified atom stereocenters. The minimum atomic E-state index is -0.167. The van der Waals surface area contributed by atoms with Crippen LogP contribution in [0.25, 0.3) is 0 Å². The first-order valence-electron chi connectivity index (χ1n) is 11.5. The fraction of sp³-hybridized carbons (Fsp3) is 0.259. The summed E-state index contributed by atoms with van der Waals surface area (Å²) in [4.78, 5) is 27.4. The van der Waals surface area contributed by atoms with Gasteiger partial charge in [0.2, 0.25) is 0 Å². The average Bonchev–Trinajstić information content (AvgIpc) is 2.87. The van der Waals surface area contributed by atoms with Gasteiger partial charge >= 0.3 is 6.03 Å². The van der Waals surface area contributed by atoms with Crippen molar-refractivity contribution in [3.05, 3.63) is 88.9 Å². The molecule has 1 atom stereocenters. The number of hydrogen-bond acceptors (Lipinski definition) is 3. The normalized spacial score (nSPS) is 15.5. The summed E-state index contributed by atoms with van der Waals surface area (Å²) in [5.74, 6) is 0.770. The molecular formula is C27H28ClN3O3. The third-order valence-corrected chi connectivity index (χ3v) is 6.10. The van der Waals surface area contributed by atoms with Crippen LogP contribution in [0, 0.1) is 0 Å². The predicted octanol–water partition coefficient (Wildman–Crippen LogP) is 6.40. The van der Waals surface area contributed by atoms with Gasteiger partial charge in [-0.1, -0.05) is 23.7 Å². The highest BCUT2D eigenvalue weighted by atomic mass is 35.5. The largest absolute Gasteiger partial charge is 0.494 e. The van der Waals surface area contributed by atoms with Gasteiger partial charge in [-0.05, 0) is 86.0 Å². The summed E-state index contributed by atoms with van der Waals surface area (Å²) in [6.07, 6.45) is 1.87. The van der Waals surface area contributed by atoms with E-state index in [1.165, 1.54) is 0 Å². The Balaban J connectivity index is 1.39. The second-order valence-electron chi connectivity index (χ2n) is 8.26. The number of nitrogens with zero attached hydrogens (tertiary/aromatic N) is 1. The molecule has 0 bridgehead atoms. The Morgan fingerprint density at radius 1 is 1.00 bits per heavy atom. The Bertz CT molecular complexity index is 1130. The minimum absolute atomic E-state index is 0.128. The van der Waals surface area contributed by atoms with Crippen molar-refractivity contribution in [1.82, 2.24) is 4.90 Å². The van der Waals surface area contributed by atoms with Gasteiger partial charge in [0.05, 0.1) is 6.61 Å². The zero-order valence-corrected chi connectivity index (χ0v) is 19.8. The molecular weight excluding hydrogens is 450 g/mol. The first-order chi connectivity index (χ1) is 16.5. The maximum Gasteiger partial charge on any atom is 0.321 e. The number of anilines is 2. The Kier molecular flexibility index (Phi) is 7.70. The van der Waals surface area contributed by atoms with Gasteiger partial charge in [0.25, 0.3) is 5.91 Å². The number of piperidine rings is 1. The van der Waals surface area contributed by atoms with E-state index in [9.17, 15) is 9.59 Å². The fourth-order valence-electron chi connectivity index (χ4n) is 4.11. The molecule has 4 rings (SSSR count). The maximum atomic E-state index is 12.8. The molecule has 2 N–H and O–H groups in total. The van der Waals surface area contributed by atoms with Gasteiger partial charge in [-0.3, -0.25) is 4.79 Å². The van der Waals surface area contributed by atoms with Crippen LogP contribution in [0.15, 0.2) is 72.8 Å². The Labute approximate surface area is 204 Å². The fourth-order valence-corrected chi connectivity index (χ4v) is 4.23. The Hall–Kier alpha value is -3.51. The van der Waals surface area contributed by atoms with Gasteiger partial charge in [-0.15, -0.1) is 0 Å². The molecule has 1 heterocycles. The van der Waals surface area contributed by atoms with Crippen molar-refractivity contribution in [2.75, 3.05) is 30.3 Å². The monoisotopic (exact) mass is 477 g/mol. The summed E-state index contributed by atoms with van der Waals surface area (Å²) in [5, 5.41) is 6.50. The number of amides is 3. The van der Waals surface area contributed by atoms with Gasteiger partial charge < -0.3 is 20.3 Å². The summed E-state index contributed by atoms with van der Waals surface area (Å²) in [7, 11) is 0. The lowest BCUT2D eigenvalue weighted by Gasteiger charge is -2.33. The Morgan fingerprint density at radius 3 is 2.44 bits per heavy atom. The van der Waals surface area contributed by atoms with Gasteiger partial charge in [0.15, 0.2) is 0 Å². The molecule has 0 radical (unpaired) electrons. The van der Waals surface area contributed by atoms with Crippen molar-refractivity contribution in [1.29, 1.82) is 0 Å². The molecule has 3 amide bonds. The van der Waals surface area contributed by atoms with Gasteiger partial charge in [-0.25, -0.2) is 4.79 Å². The summed E-state index contributed by atoms with van der Waals surface area (Å²) in [6, 6.07) is 21.9. The zero-order valence-electron chi connectivity index (χ0n) is 19.1. The molecule has 34 heavy (non-hydrogen) atoms. The topological polar surface area (TPSA) is 70.7 Å². The van der Waals surface area contributed by atoms with E-state index in [1.807, 2.05) is 54.3 Å². The standard InChI is InChI=1S/C27H28ClN3O3/c1-2-34-25-14-12-23(13-15-25)29-26(32)20-6-3-5-19(17-20)21-7-4-16-31(18-21)27(33)30-24-10-8-22(28)9-11-24/h3,5-6,8-15,17,21H,2,4,7,16,18H2,1H3,(H,29,32)(H,30,33). The van der Waals surface area contributed by atoms with E-state index >= 15 is 0 Å². The van der Waals surface area contributed by atoms with E-state index in [2.05, 4.69) is 10.6 Å². The number of carbonyl (C=O) groups is 2. The molecule has 1 saturated heterocycles. The first kappa shape index (κ1) is 23.6. The second-order valence-corrected chi connectivity index (χ2v) is 8.70. The third-order valence-electron chi connectivity index (χ3n) is 5.85. The quantitative estimate of drug-likeness (QED) is 0.431. The number of rotatable bonds is 6. The number of urea groups is 1. The molecule has 0 spiro atoms. The molecule has 0 saturated carbocycles. The molecule has 7 heteroatoms. The van der Waals surface area contributed by atoms with Crippen LogP contribution in [0.5, 0.6) is 5.75 Å². The highest BCUT2D eigenvalue weighted by molar-refractivity contribution is 6.30. The van der Waals surface area contributed by atoms with E-state index in [0.29, 0.717) is 41.7 Å². The van der Waals surface area contributed by atoms with Crippen molar-refractivity contribution in [3.63, 3.8) is 0 Å². The predicted molar refractivity (Wildman–Crippen MR) is 136 cm³/mol. The molecule has 1 fully saturated rings. The van der Waals surface area contributed by atoms with Crippen LogP contribution < -0.4 is 15.4 Å². The summed E-state index contributed by atoms with van der Waals surface area (Å²) in [6.45, 7) is 3.83. The molecule has 1 aliphatic rings. The van der Waals surface area contributed by atoms with Crippen LogP contribution in [0.4, 0.5) is 16.2 Å². The third kappa shape index (κ3) is 6.08. The summed E-state index contributed by atoms with van der Waals surface area (Å²) in [5.41, 5.74) is 3.07. The smallest absolute Gasteiger partial charge is 0.321 e. The zero-order chi connectivity index (χ0) is 23.9. The molecule has 6 nitrogen and oxygen atoms in total. The van der Waals surface area contributed by atoms with Crippen molar-refractivity contribution >= 4 is 34.9 Å². The summed E-state index contributed by atoms with van der Waals surface area (Å²) < 4.78 is 5.45. The van der Waals surface area contributed by atoms with Crippen LogP contribution in [0.3, 0.4) is 0 Å². The SMILES string of the molecule is CCOc1ccc(NC(=O)c2cccc(C3CCCN(C(=O)Nc4ccc(Cl)cc4)C3)c2)cc1. The number of likely N-dealkylation sites (tertiary alicyclic amines) is 1. The van der Waals surface area contributed by atoms with Gasteiger partial charge in [0.1, 0.15) is 5.75 Å². The van der Waals surface area contributed by atoms with Crippen molar-refractivity contribution in [3.8, 4) is 5.75 Å². The number of hydrogen-bond donors (Lipinski definition) is 2. The lowest BCUT2D eigenvalue weighted by molar-refractivity contribution is 0.102. The number of nitrogens with one attached hydrogen (secondary N) is 2. The lowest BCUT2D eigenvalue weighted by atomic mass is 9.89. The van der Waals surface area contributed by atoms with E-state index in [-0.39, 0.29) is 17.9 Å². The second kappa shape index (κ2) is 11.1. The van der Waals surface area contributed by atoms with Crippen LogP contribution in [-0.2, 0) is 0 Å². The maximum absolute atomic E-state index is 12.8. The number of ether oxygens (including phenoxy) is 1. The number of carbonyl (C=O) groups excluding carboxylic acids is 2. The first-order valence-corrected chi connectivity index (χ1v) is 11.9. The molecule has 3 aromatic rings. The van der Waals surface area contributed by atoms with E-state index in [0.717, 1.165) is 24.2 Å². The highest BCUT2D eigenvalue weighted by Crippen LogP contribution is 2.28.